The second-order valence-corrected chi connectivity index (χ2v) is 5.69. The van der Waals surface area contributed by atoms with Gasteiger partial charge < -0.3 is 5.32 Å². The van der Waals surface area contributed by atoms with Crippen molar-refractivity contribution in [1.29, 1.82) is 0 Å². The Balaban J connectivity index is 2.02. The smallest absolute Gasteiger partial charge is 0.117 e. The van der Waals surface area contributed by atoms with Gasteiger partial charge in [-0.1, -0.05) is 13.8 Å². The molecule has 0 aliphatic carbocycles. The van der Waals surface area contributed by atoms with E-state index < -0.39 is 5.67 Å². The van der Waals surface area contributed by atoms with Crippen LogP contribution in [0.3, 0.4) is 0 Å². The first-order valence-electron chi connectivity index (χ1n) is 7.60. The quantitative estimate of drug-likeness (QED) is 0.887. The molecule has 0 spiro atoms. The molecule has 1 fully saturated rings. The zero-order valence-corrected chi connectivity index (χ0v) is 12.2. The predicted molar refractivity (Wildman–Crippen MR) is 76.1 cm³/mol. The Kier molecular flexibility index (Phi) is 4.97. The summed E-state index contributed by atoms with van der Waals surface area (Å²) in [6, 6.07) is 2.43. The Labute approximate surface area is 115 Å². The third kappa shape index (κ3) is 3.78. The van der Waals surface area contributed by atoms with Gasteiger partial charge in [-0.25, -0.2) is 4.39 Å². The first-order chi connectivity index (χ1) is 9.17. The SMILES string of the molecule is CCC(CC)n1ccc(CC2(F)CCCNCC2)n1. The molecule has 19 heavy (non-hydrogen) atoms. The van der Waals surface area contributed by atoms with Crippen molar-refractivity contribution in [1.82, 2.24) is 15.1 Å². The maximum Gasteiger partial charge on any atom is 0.117 e. The van der Waals surface area contributed by atoms with Crippen LogP contribution >= 0.6 is 0 Å². The fourth-order valence-corrected chi connectivity index (χ4v) is 2.93. The molecule has 0 radical (unpaired) electrons. The zero-order chi connectivity index (χ0) is 13.7. The van der Waals surface area contributed by atoms with Gasteiger partial charge >= 0.3 is 0 Å². The number of halogens is 1. The normalized spacial score (nSPS) is 24.6. The highest BCUT2D eigenvalue weighted by Crippen LogP contribution is 2.28. The Morgan fingerprint density at radius 3 is 2.89 bits per heavy atom. The number of nitrogens with zero attached hydrogens (tertiary/aromatic N) is 2. The second-order valence-electron chi connectivity index (χ2n) is 5.69. The summed E-state index contributed by atoms with van der Waals surface area (Å²) in [5.41, 5.74) is -0.173. The lowest BCUT2D eigenvalue weighted by molar-refractivity contribution is 0.142. The molecule has 3 nitrogen and oxygen atoms in total. The van der Waals surface area contributed by atoms with E-state index in [4.69, 9.17) is 0 Å². The van der Waals surface area contributed by atoms with Crippen molar-refractivity contribution in [2.45, 2.75) is 64.1 Å². The van der Waals surface area contributed by atoms with Crippen molar-refractivity contribution in [2.24, 2.45) is 0 Å². The van der Waals surface area contributed by atoms with Gasteiger partial charge in [0.05, 0.1) is 11.7 Å². The zero-order valence-electron chi connectivity index (χ0n) is 12.2. The molecule has 4 heteroatoms. The summed E-state index contributed by atoms with van der Waals surface area (Å²) in [5.74, 6) is 0. The Bertz CT molecular complexity index is 376. The average molecular weight is 267 g/mol. The van der Waals surface area contributed by atoms with E-state index in [1.807, 2.05) is 16.9 Å². The van der Waals surface area contributed by atoms with Crippen LogP contribution in [0.4, 0.5) is 4.39 Å². The highest BCUT2D eigenvalue weighted by molar-refractivity contribution is 5.05. The molecule has 1 aliphatic heterocycles. The fourth-order valence-electron chi connectivity index (χ4n) is 2.93. The van der Waals surface area contributed by atoms with E-state index in [1.54, 1.807) is 0 Å². The summed E-state index contributed by atoms with van der Waals surface area (Å²) < 4.78 is 16.8. The molecule has 1 aliphatic rings. The maximum absolute atomic E-state index is 14.8. The molecule has 108 valence electrons. The van der Waals surface area contributed by atoms with Gasteiger partial charge in [-0.15, -0.1) is 0 Å². The largest absolute Gasteiger partial charge is 0.317 e. The first kappa shape index (κ1) is 14.5. The van der Waals surface area contributed by atoms with E-state index in [2.05, 4.69) is 24.3 Å². The number of hydrogen-bond acceptors (Lipinski definition) is 2. The minimum absolute atomic E-state index is 0.445. The van der Waals surface area contributed by atoms with E-state index in [9.17, 15) is 4.39 Å². The Morgan fingerprint density at radius 1 is 1.37 bits per heavy atom. The van der Waals surface area contributed by atoms with Crippen molar-refractivity contribution in [3.05, 3.63) is 18.0 Å². The van der Waals surface area contributed by atoms with Gasteiger partial charge in [-0.05, 0) is 51.3 Å². The molecule has 1 atom stereocenters. The van der Waals surface area contributed by atoms with Crippen LogP contribution in [0.25, 0.3) is 0 Å². The molecule has 1 unspecified atom stereocenters. The van der Waals surface area contributed by atoms with Crippen molar-refractivity contribution >= 4 is 0 Å². The molecule has 0 bridgehead atoms. The summed E-state index contributed by atoms with van der Waals surface area (Å²) in [7, 11) is 0. The number of nitrogens with one attached hydrogen (secondary N) is 1. The van der Waals surface area contributed by atoms with Crippen LogP contribution in [-0.4, -0.2) is 28.5 Å². The number of aromatic nitrogens is 2. The second kappa shape index (κ2) is 6.51. The third-order valence-electron chi connectivity index (χ3n) is 4.21. The first-order valence-corrected chi connectivity index (χ1v) is 7.60. The van der Waals surface area contributed by atoms with Crippen molar-refractivity contribution in [2.75, 3.05) is 13.1 Å². The monoisotopic (exact) mass is 267 g/mol. The van der Waals surface area contributed by atoms with Gasteiger partial charge in [0, 0.05) is 12.6 Å². The van der Waals surface area contributed by atoms with Crippen molar-refractivity contribution < 1.29 is 4.39 Å². The summed E-state index contributed by atoms with van der Waals surface area (Å²) in [5, 5.41) is 7.84. The molecule has 1 aromatic heterocycles. The van der Waals surface area contributed by atoms with Crippen LogP contribution in [0.2, 0.25) is 0 Å². The van der Waals surface area contributed by atoms with E-state index >= 15 is 0 Å². The van der Waals surface area contributed by atoms with Crippen LogP contribution in [-0.2, 0) is 6.42 Å². The van der Waals surface area contributed by atoms with Gasteiger partial charge in [0.15, 0.2) is 0 Å². The van der Waals surface area contributed by atoms with E-state index in [0.717, 1.165) is 38.0 Å². The topological polar surface area (TPSA) is 29.9 Å². The maximum atomic E-state index is 14.8. The highest BCUT2D eigenvalue weighted by atomic mass is 19.1. The van der Waals surface area contributed by atoms with Crippen LogP contribution in [0.1, 0.15) is 57.7 Å². The minimum Gasteiger partial charge on any atom is -0.317 e. The molecule has 0 saturated carbocycles. The van der Waals surface area contributed by atoms with E-state index in [0.29, 0.717) is 25.3 Å². The summed E-state index contributed by atoms with van der Waals surface area (Å²) in [6.45, 7) is 6.06. The van der Waals surface area contributed by atoms with Gasteiger partial charge in [0.1, 0.15) is 5.67 Å². The lowest BCUT2D eigenvalue weighted by Gasteiger charge is -2.22. The van der Waals surface area contributed by atoms with E-state index in [-0.39, 0.29) is 0 Å². The molecule has 1 N–H and O–H groups in total. The Hall–Kier alpha value is -0.900. The summed E-state index contributed by atoms with van der Waals surface area (Å²) >= 11 is 0. The van der Waals surface area contributed by atoms with Gasteiger partial charge in [0.25, 0.3) is 0 Å². The van der Waals surface area contributed by atoms with Crippen LogP contribution in [0.5, 0.6) is 0 Å². The molecule has 2 rings (SSSR count). The minimum atomic E-state index is -1.07. The molecular formula is C15H26FN3. The summed E-state index contributed by atoms with van der Waals surface area (Å²) in [4.78, 5) is 0. The van der Waals surface area contributed by atoms with Gasteiger partial charge in [-0.3, -0.25) is 4.68 Å². The molecule has 0 aromatic carbocycles. The number of alkyl halides is 1. The number of rotatable bonds is 5. The highest BCUT2D eigenvalue weighted by Gasteiger charge is 2.31. The molecular weight excluding hydrogens is 241 g/mol. The predicted octanol–water partition coefficient (Wildman–Crippen LogP) is 3.27. The fraction of sp³-hybridized carbons (Fsp3) is 0.800. The van der Waals surface area contributed by atoms with Crippen LogP contribution in [0, 0.1) is 0 Å². The molecule has 0 amide bonds. The Morgan fingerprint density at radius 2 is 2.16 bits per heavy atom. The molecule has 1 aromatic rings. The van der Waals surface area contributed by atoms with Crippen molar-refractivity contribution in [3.63, 3.8) is 0 Å². The van der Waals surface area contributed by atoms with Crippen molar-refractivity contribution in [3.8, 4) is 0 Å². The lowest BCUT2D eigenvalue weighted by Crippen LogP contribution is -2.27. The van der Waals surface area contributed by atoms with E-state index in [1.165, 1.54) is 0 Å². The number of hydrogen-bond donors (Lipinski definition) is 1. The van der Waals surface area contributed by atoms with Crippen LogP contribution < -0.4 is 5.32 Å². The van der Waals surface area contributed by atoms with Gasteiger partial charge in [-0.2, -0.15) is 5.10 Å². The van der Waals surface area contributed by atoms with Gasteiger partial charge in [0.2, 0.25) is 0 Å². The molecule has 1 saturated heterocycles. The van der Waals surface area contributed by atoms with Crippen LogP contribution in [0.15, 0.2) is 12.3 Å². The average Bonchev–Trinajstić information content (AvgIpc) is 2.72. The summed E-state index contributed by atoms with van der Waals surface area (Å²) in [6.07, 6.45) is 6.78. The molecule has 2 heterocycles. The standard InChI is InChI=1S/C15H26FN3/c1-3-14(4-2)19-11-6-13(18-19)12-15(16)7-5-9-17-10-8-15/h6,11,14,17H,3-5,7-10,12H2,1-2H3. The third-order valence-corrected chi connectivity index (χ3v) is 4.21. The lowest BCUT2D eigenvalue weighted by atomic mass is 9.92.